The molecule has 2 rings (SSSR count). The fourth-order valence-electron chi connectivity index (χ4n) is 1.83. The lowest BCUT2D eigenvalue weighted by Crippen LogP contribution is -2.42. The Hall–Kier alpha value is -1.16. The van der Waals surface area contributed by atoms with Gasteiger partial charge in [-0.3, -0.25) is 0 Å². The molecule has 0 bridgehead atoms. The number of piperidine rings is 1. The van der Waals surface area contributed by atoms with Crippen LogP contribution in [0.4, 0.5) is 10.1 Å². The van der Waals surface area contributed by atoms with E-state index in [0.29, 0.717) is 0 Å². The Labute approximate surface area is 82.7 Å². The van der Waals surface area contributed by atoms with Crippen LogP contribution in [0.25, 0.3) is 0 Å². The van der Waals surface area contributed by atoms with Gasteiger partial charge in [-0.1, -0.05) is 0 Å². The zero-order valence-electron chi connectivity index (χ0n) is 7.99. The lowest BCUT2D eigenvalue weighted by atomic mass is 10.1. The lowest BCUT2D eigenvalue weighted by Gasteiger charge is -2.32. The van der Waals surface area contributed by atoms with Crippen molar-refractivity contribution in [2.75, 3.05) is 18.0 Å². The van der Waals surface area contributed by atoms with Crippen LogP contribution in [0, 0.1) is 5.95 Å². The van der Waals surface area contributed by atoms with E-state index in [2.05, 4.69) is 9.88 Å². The zero-order chi connectivity index (χ0) is 9.97. The molecule has 1 saturated heterocycles. The number of nitrogens with two attached hydrogens (primary N) is 1. The molecular formula is C10H14FN3. The van der Waals surface area contributed by atoms with E-state index in [9.17, 15) is 4.39 Å². The monoisotopic (exact) mass is 195 g/mol. The maximum absolute atomic E-state index is 12.9. The Morgan fingerprint density at radius 1 is 1.57 bits per heavy atom. The molecule has 4 heteroatoms. The third kappa shape index (κ3) is 2.01. The fraction of sp³-hybridized carbons (Fsp3) is 0.500. The molecule has 1 aromatic rings. The normalized spacial score (nSPS) is 22.4. The maximum atomic E-state index is 12.9. The van der Waals surface area contributed by atoms with Crippen LogP contribution in [0.1, 0.15) is 12.8 Å². The summed E-state index contributed by atoms with van der Waals surface area (Å²) in [6, 6.07) is 3.49. The lowest BCUT2D eigenvalue weighted by molar-refractivity contribution is 0.504. The topological polar surface area (TPSA) is 42.1 Å². The van der Waals surface area contributed by atoms with Crippen molar-refractivity contribution in [1.82, 2.24) is 4.98 Å². The van der Waals surface area contributed by atoms with E-state index in [0.717, 1.165) is 31.6 Å². The molecule has 0 unspecified atom stereocenters. The number of halogens is 1. The summed E-state index contributed by atoms with van der Waals surface area (Å²) in [6.45, 7) is 1.76. The smallest absolute Gasteiger partial charge is 0.214 e. The maximum Gasteiger partial charge on any atom is 0.214 e. The van der Waals surface area contributed by atoms with Crippen molar-refractivity contribution in [3.63, 3.8) is 0 Å². The minimum atomic E-state index is -0.429. The Morgan fingerprint density at radius 2 is 2.43 bits per heavy atom. The fourth-order valence-corrected chi connectivity index (χ4v) is 1.83. The van der Waals surface area contributed by atoms with Gasteiger partial charge in [-0.15, -0.1) is 0 Å². The molecule has 3 nitrogen and oxygen atoms in total. The minimum Gasteiger partial charge on any atom is -0.370 e. The van der Waals surface area contributed by atoms with Gasteiger partial charge in [0.2, 0.25) is 5.95 Å². The molecule has 1 aliphatic heterocycles. The second kappa shape index (κ2) is 3.92. The van der Waals surface area contributed by atoms with Gasteiger partial charge in [0.1, 0.15) is 0 Å². The standard InChI is InChI=1S/C10H14FN3/c11-10-6-9(3-4-13-10)14-5-1-2-8(12)7-14/h3-4,6,8H,1-2,5,7,12H2/t8-/m0/s1. The number of rotatable bonds is 1. The van der Waals surface area contributed by atoms with Gasteiger partial charge in [0.15, 0.2) is 0 Å². The Morgan fingerprint density at radius 3 is 3.14 bits per heavy atom. The van der Waals surface area contributed by atoms with Crippen molar-refractivity contribution in [2.45, 2.75) is 18.9 Å². The van der Waals surface area contributed by atoms with Gasteiger partial charge < -0.3 is 10.6 Å². The van der Waals surface area contributed by atoms with Crippen LogP contribution in [0.3, 0.4) is 0 Å². The summed E-state index contributed by atoms with van der Waals surface area (Å²) in [4.78, 5) is 5.64. The summed E-state index contributed by atoms with van der Waals surface area (Å²) in [5.41, 5.74) is 6.73. The molecule has 1 fully saturated rings. The van der Waals surface area contributed by atoms with Crippen LogP contribution in [-0.2, 0) is 0 Å². The highest BCUT2D eigenvalue weighted by Gasteiger charge is 2.17. The predicted octanol–water partition coefficient (Wildman–Crippen LogP) is 1.15. The first-order valence-electron chi connectivity index (χ1n) is 4.88. The molecule has 0 amide bonds. The summed E-state index contributed by atoms with van der Waals surface area (Å²) < 4.78 is 12.9. The first-order valence-corrected chi connectivity index (χ1v) is 4.88. The first kappa shape index (κ1) is 9.40. The second-order valence-corrected chi connectivity index (χ2v) is 3.69. The highest BCUT2D eigenvalue weighted by Crippen LogP contribution is 2.18. The zero-order valence-corrected chi connectivity index (χ0v) is 7.99. The van der Waals surface area contributed by atoms with E-state index in [-0.39, 0.29) is 6.04 Å². The molecule has 0 saturated carbocycles. The highest BCUT2D eigenvalue weighted by atomic mass is 19.1. The summed E-state index contributed by atoms with van der Waals surface area (Å²) in [6.07, 6.45) is 3.62. The van der Waals surface area contributed by atoms with Gasteiger partial charge in [0.05, 0.1) is 0 Å². The number of nitrogens with zero attached hydrogens (tertiary/aromatic N) is 2. The number of hydrogen-bond acceptors (Lipinski definition) is 3. The van der Waals surface area contributed by atoms with Crippen LogP contribution in [0.2, 0.25) is 0 Å². The number of hydrogen-bond donors (Lipinski definition) is 1. The Bertz CT molecular complexity index is 316. The van der Waals surface area contributed by atoms with Gasteiger partial charge >= 0.3 is 0 Å². The summed E-state index contributed by atoms with van der Waals surface area (Å²) in [5, 5.41) is 0. The van der Waals surface area contributed by atoms with E-state index in [4.69, 9.17) is 5.73 Å². The second-order valence-electron chi connectivity index (χ2n) is 3.69. The third-order valence-electron chi connectivity index (χ3n) is 2.53. The quantitative estimate of drug-likeness (QED) is 0.683. The largest absolute Gasteiger partial charge is 0.370 e. The van der Waals surface area contributed by atoms with E-state index in [1.165, 1.54) is 12.3 Å². The van der Waals surface area contributed by atoms with Crippen molar-refractivity contribution in [3.05, 3.63) is 24.3 Å². The van der Waals surface area contributed by atoms with E-state index >= 15 is 0 Å². The molecule has 1 aromatic heterocycles. The molecule has 1 atom stereocenters. The van der Waals surface area contributed by atoms with Gasteiger partial charge in [0, 0.05) is 37.1 Å². The van der Waals surface area contributed by atoms with Gasteiger partial charge in [-0.2, -0.15) is 4.39 Å². The summed E-state index contributed by atoms with van der Waals surface area (Å²) in [5.74, 6) is -0.429. The van der Waals surface area contributed by atoms with Crippen LogP contribution in [0.5, 0.6) is 0 Å². The van der Waals surface area contributed by atoms with Gasteiger partial charge in [-0.05, 0) is 18.9 Å². The van der Waals surface area contributed by atoms with Gasteiger partial charge in [-0.25, -0.2) is 4.98 Å². The molecule has 2 N–H and O–H groups in total. The SMILES string of the molecule is N[C@H]1CCCN(c2ccnc(F)c2)C1. The van der Waals surface area contributed by atoms with Crippen LogP contribution >= 0.6 is 0 Å². The molecule has 0 aliphatic carbocycles. The van der Waals surface area contributed by atoms with E-state index in [1.807, 2.05) is 6.07 Å². The van der Waals surface area contributed by atoms with Crippen LogP contribution < -0.4 is 10.6 Å². The molecule has 2 heterocycles. The van der Waals surface area contributed by atoms with Crippen molar-refractivity contribution in [1.29, 1.82) is 0 Å². The molecular weight excluding hydrogens is 181 g/mol. The molecule has 0 radical (unpaired) electrons. The molecule has 14 heavy (non-hydrogen) atoms. The number of anilines is 1. The Kier molecular flexibility index (Phi) is 2.63. The average Bonchev–Trinajstić information content (AvgIpc) is 2.18. The van der Waals surface area contributed by atoms with Crippen molar-refractivity contribution >= 4 is 5.69 Å². The number of pyridine rings is 1. The van der Waals surface area contributed by atoms with Crippen LogP contribution in [-0.4, -0.2) is 24.1 Å². The highest BCUT2D eigenvalue weighted by molar-refractivity contribution is 5.45. The summed E-state index contributed by atoms with van der Waals surface area (Å²) in [7, 11) is 0. The van der Waals surface area contributed by atoms with Crippen molar-refractivity contribution in [3.8, 4) is 0 Å². The minimum absolute atomic E-state index is 0.208. The van der Waals surface area contributed by atoms with E-state index < -0.39 is 5.95 Å². The van der Waals surface area contributed by atoms with Crippen LogP contribution in [0.15, 0.2) is 18.3 Å². The molecule has 0 aromatic carbocycles. The van der Waals surface area contributed by atoms with Gasteiger partial charge in [0.25, 0.3) is 0 Å². The van der Waals surface area contributed by atoms with Crippen molar-refractivity contribution in [2.24, 2.45) is 5.73 Å². The number of aromatic nitrogens is 1. The van der Waals surface area contributed by atoms with E-state index in [1.54, 1.807) is 0 Å². The Balaban J connectivity index is 2.14. The molecule has 0 spiro atoms. The predicted molar refractivity (Wildman–Crippen MR) is 53.6 cm³/mol. The first-order chi connectivity index (χ1) is 6.75. The molecule has 1 aliphatic rings. The molecule has 76 valence electrons. The summed E-state index contributed by atoms with van der Waals surface area (Å²) >= 11 is 0. The average molecular weight is 195 g/mol. The third-order valence-corrected chi connectivity index (χ3v) is 2.53. The van der Waals surface area contributed by atoms with Crippen molar-refractivity contribution < 1.29 is 4.39 Å².